The maximum atomic E-state index is 13.7. The summed E-state index contributed by atoms with van der Waals surface area (Å²) < 4.78 is 17.2. The smallest absolute Gasteiger partial charge is 0.431 e. The van der Waals surface area contributed by atoms with Crippen molar-refractivity contribution in [3.05, 3.63) is 52.6 Å². The molecule has 1 unspecified atom stereocenters. The summed E-state index contributed by atoms with van der Waals surface area (Å²) in [6, 6.07) is 8.91. The van der Waals surface area contributed by atoms with Crippen LogP contribution in [0.5, 0.6) is 17.2 Å². The van der Waals surface area contributed by atoms with Crippen molar-refractivity contribution in [3.63, 3.8) is 0 Å². The molecule has 2 amide bonds. The number of hydrogen-bond donors (Lipinski definition) is 1. The van der Waals surface area contributed by atoms with Crippen molar-refractivity contribution in [1.82, 2.24) is 10.4 Å². The molecule has 1 aliphatic heterocycles. The summed E-state index contributed by atoms with van der Waals surface area (Å²) in [6.07, 6.45) is 1.46. The lowest BCUT2D eigenvalue weighted by Gasteiger charge is -2.39. The molecule has 2 aromatic carbocycles. The van der Waals surface area contributed by atoms with Gasteiger partial charge >= 0.3 is 6.09 Å². The molecule has 0 saturated carbocycles. The van der Waals surface area contributed by atoms with Crippen molar-refractivity contribution < 1.29 is 23.8 Å². The Morgan fingerprint density at radius 3 is 2.31 bits per heavy atom. The summed E-state index contributed by atoms with van der Waals surface area (Å²) in [5.74, 6) is 1.37. The van der Waals surface area contributed by atoms with Crippen LogP contribution >= 0.6 is 0 Å². The van der Waals surface area contributed by atoms with Crippen LogP contribution in [0.1, 0.15) is 74.5 Å². The number of aryl methyl sites for hydroxylation is 2. The third-order valence-corrected chi connectivity index (χ3v) is 6.10. The summed E-state index contributed by atoms with van der Waals surface area (Å²) in [7, 11) is 0. The number of carbonyl (C=O) groups is 2. The monoisotopic (exact) mass is 482 g/mol. The molecule has 1 atom stereocenters. The summed E-state index contributed by atoms with van der Waals surface area (Å²) in [4.78, 5) is 26.9. The number of carbonyl (C=O) groups excluding carboxylic acids is 2. The van der Waals surface area contributed by atoms with Crippen molar-refractivity contribution in [2.45, 2.75) is 73.8 Å². The van der Waals surface area contributed by atoms with E-state index in [0.717, 1.165) is 29.5 Å². The van der Waals surface area contributed by atoms with E-state index in [1.54, 1.807) is 12.1 Å². The molecule has 35 heavy (non-hydrogen) atoms. The minimum Gasteiger partial charge on any atom is -0.486 e. The van der Waals surface area contributed by atoms with Gasteiger partial charge in [0.1, 0.15) is 19.0 Å². The van der Waals surface area contributed by atoms with E-state index in [0.29, 0.717) is 42.4 Å². The molecule has 190 valence electrons. The van der Waals surface area contributed by atoms with Crippen LogP contribution < -0.4 is 19.6 Å². The van der Waals surface area contributed by atoms with Crippen molar-refractivity contribution in [2.75, 3.05) is 13.2 Å². The Morgan fingerprint density at radius 1 is 1.06 bits per heavy atom. The molecule has 2 aromatic rings. The zero-order chi connectivity index (χ0) is 25.8. The van der Waals surface area contributed by atoms with E-state index in [9.17, 15) is 9.59 Å². The van der Waals surface area contributed by atoms with Crippen LogP contribution in [-0.4, -0.2) is 36.3 Å². The van der Waals surface area contributed by atoms with Gasteiger partial charge in [-0.05, 0) is 56.4 Å². The summed E-state index contributed by atoms with van der Waals surface area (Å²) in [5, 5.41) is 1.45. The predicted molar refractivity (Wildman–Crippen MR) is 136 cm³/mol. The molecular weight excluding hydrogens is 444 g/mol. The highest BCUT2D eigenvalue weighted by atomic mass is 16.6. The van der Waals surface area contributed by atoms with Gasteiger partial charge in [0.2, 0.25) is 0 Å². The van der Waals surface area contributed by atoms with Gasteiger partial charge < -0.3 is 14.2 Å². The Balaban J connectivity index is 1.92. The normalized spacial score (nSPS) is 13.7. The van der Waals surface area contributed by atoms with E-state index in [4.69, 9.17) is 14.2 Å². The first kappa shape index (κ1) is 26.4. The number of benzene rings is 2. The third kappa shape index (κ3) is 6.27. The average molecular weight is 483 g/mol. The fourth-order valence-corrected chi connectivity index (χ4v) is 4.54. The van der Waals surface area contributed by atoms with Crippen LogP contribution in [0.15, 0.2) is 30.3 Å². The van der Waals surface area contributed by atoms with Gasteiger partial charge in [-0.1, -0.05) is 58.2 Å². The minimum atomic E-state index is -0.723. The van der Waals surface area contributed by atoms with Crippen molar-refractivity contribution in [2.24, 2.45) is 5.41 Å². The number of rotatable bonds is 6. The number of hydrogen-bond acceptors (Lipinski definition) is 5. The molecule has 0 radical (unpaired) electrons. The predicted octanol–water partition coefficient (Wildman–Crippen LogP) is 6.00. The highest BCUT2D eigenvalue weighted by Gasteiger charge is 2.35. The first-order valence-electron chi connectivity index (χ1n) is 12.4. The molecule has 1 aliphatic rings. The third-order valence-electron chi connectivity index (χ3n) is 6.10. The van der Waals surface area contributed by atoms with Crippen LogP contribution in [0.4, 0.5) is 4.79 Å². The number of hydrazine groups is 1. The maximum absolute atomic E-state index is 13.7. The van der Waals surface area contributed by atoms with Gasteiger partial charge in [-0.15, -0.1) is 0 Å². The van der Waals surface area contributed by atoms with E-state index < -0.39 is 6.09 Å². The quantitative estimate of drug-likeness (QED) is 0.511. The molecule has 0 fully saturated rings. The zero-order valence-electron chi connectivity index (χ0n) is 22.0. The van der Waals surface area contributed by atoms with Gasteiger partial charge in [-0.2, -0.15) is 0 Å². The van der Waals surface area contributed by atoms with Crippen LogP contribution in [0.3, 0.4) is 0 Å². The fraction of sp³-hybridized carbons (Fsp3) is 0.500. The molecule has 1 heterocycles. The standard InChI is InChI=1S/C28H38N2O5/c1-8-10-24(28(5,6)7)30(26(31)20-16-18(3)15-19(4)17-20)29-27(32)35-22-11-12-23-25(21(22)9-2)34-14-13-33-23/h11-12,15-17,24H,8-10,13-14H2,1-7H3,(H,29,32). The first-order chi connectivity index (χ1) is 16.5. The molecule has 0 spiro atoms. The molecule has 0 saturated heterocycles. The van der Waals surface area contributed by atoms with Crippen LogP contribution in [0, 0.1) is 19.3 Å². The second-order valence-electron chi connectivity index (χ2n) is 10.1. The van der Waals surface area contributed by atoms with E-state index in [2.05, 4.69) is 33.1 Å². The summed E-state index contributed by atoms with van der Waals surface area (Å²) in [5.41, 5.74) is 5.76. The fourth-order valence-electron chi connectivity index (χ4n) is 4.54. The number of fused-ring (bicyclic) bond motifs is 1. The second-order valence-corrected chi connectivity index (χ2v) is 10.1. The van der Waals surface area contributed by atoms with E-state index >= 15 is 0 Å². The molecule has 0 bridgehead atoms. The molecule has 1 N–H and O–H groups in total. The van der Waals surface area contributed by atoms with E-state index in [1.807, 2.05) is 39.0 Å². The lowest BCUT2D eigenvalue weighted by Crippen LogP contribution is -2.56. The van der Waals surface area contributed by atoms with Gasteiger partial charge in [0.05, 0.1) is 6.04 Å². The van der Waals surface area contributed by atoms with Crippen LogP contribution in [0.2, 0.25) is 0 Å². The number of nitrogens with one attached hydrogen (secondary N) is 1. The van der Waals surface area contributed by atoms with Gasteiger partial charge in [-0.25, -0.2) is 15.2 Å². The highest BCUT2D eigenvalue weighted by Crippen LogP contribution is 2.39. The second kappa shape index (κ2) is 11.0. The largest absolute Gasteiger partial charge is 0.486 e. The summed E-state index contributed by atoms with van der Waals surface area (Å²) in [6.45, 7) is 15.1. The van der Waals surface area contributed by atoms with Crippen molar-refractivity contribution >= 4 is 12.0 Å². The zero-order valence-corrected chi connectivity index (χ0v) is 22.0. The molecule has 0 aromatic heterocycles. The van der Waals surface area contributed by atoms with Crippen molar-refractivity contribution in [1.29, 1.82) is 0 Å². The summed E-state index contributed by atoms with van der Waals surface area (Å²) >= 11 is 0. The maximum Gasteiger partial charge on any atom is 0.431 e. The Labute approximate surface area is 208 Å². The topological polar surface area (TPSA) is 77.1 Å². The van der Waals surface area contributed by atoms with Gasteiger partial charge in [-0.3, -0.25) is 4.79 Å². The van der Waals surface area contributed by atoms with Crippen LogP contribution in [0.25, 0.3) is 0 Å². The lowest BCUT2D eigenvalue weighted by atomic mass is 9.83. The minimum absolute atomic E-state index is 0.237. The molecule has 0 aliphatic carbocycles. The van der Waals surface area contributed by atoms with E-state index in [1.165, 1.54) is 5.01 Å². The first-order valence-corrected chi connectivity index (χ1v) is 12.4. The number of ether oxygens (including phenoxy) is 3. The average Bonchev–Trinajstić information content (AvgIpc) is 2.79. The van der Waals surface area contributed by atoms with Gasteiger partial charge in [0, 0.05) is 11.1 Å². The molecule has 3 rings (SSSR count). The van der Waals surface area contributed by atoms with Crippen LogP contribution in [-0.2, 0) is 6.42 Å². The highest BCUT2D eigenvalue weighted by molar-refractivity contribution is 5.95. The molecule has 7 heteroatoms. The Morgan fingerprint density at radius 2 is 1.71 bits per heavy atom. The Bertz CT molecular complexity index is 1050. The molecular formula is C28H38N2O5. The van der Waals surface area contributed by atoms with Crippen molar-refractivity contribution in [3.8, 4) is 17.2 Å². The number of amides is 2. The number of nitrogens with zero attached hydrogens (tertiary/aromatic N) is 1. The van der Waals surface area contributed by atoms with Gasteiger partial charge in [0.25, 0.3) is 5.91 Å². The Hall–Kier alpha value is -3.22. The van der Waals surface area contributed by atoms with Gasteiger partial charge in [0.15, 0.2) is 11.5 Å². The molecule has 7 nitrogen and oxygen atoms in total. The Kier molecular flexibility index (Phi) is 8.30. The SMILES string of the molecule is CCCC(N(NC(=O)Oc1ccc2c(c1CC)OCCO2)C(=O)c1cc(C)cc(C)c1)C(C)(C)C. The lowest BCUT2D eigenvalue weighted by molar-refractivity contribution is 0.0309. The van der Waals surface area contributed by atoms with E-state index in [-0.39, 0.29) is 17.4 Å².